The Hall–Kier alpha value is -3.06. The molecule has 1 aromatic heterocycles. The molecule has 162 valence electrons. The molecule has 0 radical (unpaired) electrons. The smallest absolute Gasteiger partial charge is 0.352 e. The SMILES string of the molecule is CC(Sc1nn[nH]n1)C1=C(C(=O)O)N2C(=O)C(NC(=O)COc3ccccc3)[C@@H]2SC1. The topological polar surface area (TPSA) is 150 Å². The van der Waals surface area contributed by atoms with E-state index in [4.69, 9.17) is 4.74 Å². The van der Waals surface area contributed by atoms with Crippen LogP contribution < -0.4 is 10.1 Å². The Morgan fingerprint density at radius 3 is 2.87 bits per heavy atom. The van der Waals surface area contributed by atoms with Crippen molar-refractivity contribution in [3.05, 3.63) is 41.6 Å². The Morgan fingerprint density at radius 2 is 2.19 bits per heavy atom. The number of aromatic nitrogens is 4. The highest BCUT2D eigenvalue weighted by Crippen LogP contribution is 2.43. The predicted octanol–water partition coefficient (Wildman–Crippen LogP) is 0.498. The maximum Gasteiger partial charge on any atom is 0.352 e. The molecule has 3 N–H and O–H groups in total. The molecule has 11 nitrogen and oxygen atoms in total. The summed E-state index contributed by atoms with van der Waals surface area (Å²) in [6.45, 7) is 1.58. The largest absolute Gasteiger partial charge is 0.484 e. The van der Waals surface area contributed by atoms with E-state index in [0.717, 1.165) is 0 Å². The summed E-state index contributed by atoms with van der Waals surface area (Å²) in [6, 6.07) is 8.05. The van der Waals surface area contributed by atoms with E-state index in [2.05, 4.69) is 25.9 Å². The molecule has 13 heteroatoms. The number of nitrogens with zero attached hydrogens (tertiary/aromatic N) is 4. The number of H-pyrrole nitrogens is 1. The Morgan fingerprint density at radius 1 is 1.42 bits per heavy atom. The van der Waals surface area contributed by atoms with Gasteiger partial charge in [0.05, 0.1) is 0 Å². The van der Waals surface area contributed by atoms with Crippen LogP contribution in [0.25, 0.3) is 0 Å². The molecule has 1 fully saturated rings. The zero-order valence-electron chi connectivity index (χ0n) is 16.2. The maximum atomic E-state index is 12.7. The summed E-state index contributed by atoms with van der Waals surface area (Å²) in [6.07, 6.45) is 0. The standard InChI is InChI=1S/C18H18N6O5S2/c1-9(31-18-20-22-23-21-18)11-8-30-16-13(15(26)24(16)14(11)17(27)28)19-12(25)7-29-10-5-3-2-4-6-10/h2-6,9,13,16H,7-8H2,1H3,(H,19,25)(H,27,28)(H,20,21,22,23)/t9?,13?,16-/m0/s1. The lowest BCUT2D eigenvalue weighted by molar-refractivity contribution is -0.151. The molecule has 3 atom stereocenters. The van der Waals surface area contributed by atoms with Crippen molar-refractivity contribution in [1.29, 1.82) is 0 Å². The summed E-state index contributed by atoms with van der Waals surface area (Å²) < 4.78 is 5.40. The van der Waals surface area contributed by atoms with Crippen LogP contribution in [0.3, 0.4) is 0 Å². The molecule has 2 aliphatic rings. The van der Waals surface area contributed by atoms with Gasteiger partial charge in [-0.05, 0) is 29.8 Å². The van der Waals surface area contributed by atoms with Crippen molar-refractivity contribution in [2.75, 3.05) is 12.4 Å². The maximum absolute atomic E-state index is 12.7. The van der Waals surface area contributed by atoms with Gasteiger partial charge in [0, 0.05) is 11.0 Å². The van der Waals surface area contributed by atoms with Crippen molar-refractivity contribution in [2.24, 2.45) is 0 Å². The first-order chi connectivity index (χ1) is 15.0. The van der Waals surface area contributed by atoms with Gasteiger partial charge in [-0.15, -0.1) is 22.0 Å². The van der Waals surface area contributed by atoms with Crippen LogP contribution in [-0.2, 0) is 14.4 Å². The van der Waals surface area contributed by atoms with Crippen molar-refractivity contribution in [3.63, 3.8) is 0 Å². The first kappa shape index (κ1) is 21.2. The van der Waals surface area contributed by atoms with Crippen molar-refractivity contribution < 1.29 is 24.2 Å². The summed E-state index contributed by atoms with van der Waals surface area (Å²) in [5.74, 6) is -1.16. The quantitative estimate of drug-likeness (QED) is 0.374. The zero-order valence-corrected chi connectivity index (χ0v) is 17.9. The van der Waals surface area contributed by atoms with Gasteiger partial charge in [0.15, 0.2) is 6.61 Å². The number of aromatic amines is 1. The minimum atomic E-state index is -1.19. The van der Waals surface area contributed by atoms with E-state index in [0.29, 0.717) is 22.2 Å². The van der Waals surface area contributed by atoms with Gasteiger partial charge in [-0.2, -0.15) is 5.21 Å². The number of para-hydroxylation sites is 1. The molecule has 2 aliphatic heterocycles. The number of β-lactam (4-membered cyclic amide) rings is 1. The van der Waals surface area contributed by atoms with Gasteiger partial charge in [0.25, 0.3) is 11.8 Å². The number of hydrogen-bond donors (Lipinski definition) is 3. The van der Waals surface area contributed by atoms with E-state index >= 15 is 0 Å². The third-order valence-corrected chi connectivity index (χ3v) is 7.05. The average Bonchev–Trinajstić information content (AvgIpc) is 3.28. The molecule has 4 rings (SSSR count). The second-order valence-electron chi connectivity index (χ2n) is 6.69. The van der Waals surface area contributed by atoms with Crippen LogP contribution >= 0.6 is 23.5 Å². The van der Waals surface area contributed by atoms with Gasteiger partial charge in [0.1, 0.15) is 22.9 Å². The summed E-state index contributed by atoms with van der Waals surface area (Å²) in [7, 11) is 0. The number of aliphatic carboxylic acids is 1. The molecule has 0 bridgehead atoms. The molecule has 0 aliphatic carbocycles. The number of fused-ring (bicyclic) bond motifs is 1. The molecular weight excluding hydrogens is 444 g/mol. The van der Waals surface area contributed by atoms with Crippen LogP contribution in [0.1, 0.15) is 6.92 Å². The summed E-state index contributed by atoms with van der Waals surface area (Å²) in [5, 5.41) is 25.6. The fourth-order valence-electron chi connectivity index (χ4n) is 3.27. The Balaban J connectivity index is 1.42. The lowest BCUT2D eigenvalue weighted by Gasteiger charge is -2.49. The Labute approximate surface area is 185 Å². The molecule has 2 unspecified atom stereocenters. The number of ether oxygens (including phenoxy) is 1. The van der Waals surface area contributed by atoms with Crippen LogP contribution in [-0.4, -0.2) is 77.4 Å². The van der Waals surface area contributed by atoms with E-state index < -0.39 is 29.2 Å². The van der Waals surface area contributed by atoms with Crippen LogP contribution in [0.5, 0.6) is 5.75 Å². The van der Waals surface area contributed by atoms with Crippen molar-refractivity contribution >= 4 is 41.3 Å². The first-order valence-electron chi connectivity index (χ1n) is 9.24. The molecule has 31 heavy (non-hydrogen) atoms. The number of carbonyl (C=O) groups excluding carboxylic acids is 2. The molecule has 1 saturated heterocycles. The van der Waals surface area contributed by atoms with Crippen molar-refractivity contribution in [2.45, 2.75) is 28.7 Å². The number of carboxylic acids is 1. The zero-order chi connectivity index (χ0) is 22.0. The molecule has 2 amide bonds. The first-order valence-corrected chi connectivity index (χ1v) is 11.2. The van der Waals surface area contributed by atoms with Gasteiger partial charge in [0.2, 0.25) is 5.16 Å². The number of nitrogens with one attached hydrogen (secondary N) is 2. The highest BCUT2D eigenvalue weighted by Gasteiger charge is 2.54. The number of amides is 2. The molecule has 0 saturated carbocycles. The molecule has 2 aromatic rings. The number of benzene rings is 1. The van der Waals surface area contributed by atoms with Gasteiger partial charge in [-0.25, -0.2) is 4.79 Å². The van der Waals surface area contributed by atoms with Gasteiger partial charge in [-0.1, -0.05) is 30.0 Å². The number of rotatable bonds is 8. The molecule has 0 spiro atoms. The predicted molar refractivity (Wildman–Crippen MR) is 111 cm³/mol. The summed E-state index contributed by atoms with van der Waals surface area (Å²) in [5.41, 5.74) is 0.539. The van der Waals surface area contributed by atoms with E-state index in [1.54, 1.807) is 24.3 Å². The highest BCUT2D eigenvalue weighted by atomic mass is 32.2. The van der Waals surface area contributed by atoms with E-state index in [-0.39, 0.29) is 17.6 Å². The number of thioether (sulfide) groups is 2. The minimum Gasteiger partial charge on any atom is -0.484 e. The summed E-state index contributed by atoms with van der Waals surface area (Å²) in [4.78, 5) is 38.2. The Kier molecular flexibility index (Phi) is 6.13. The monoisotopic (exact) mass is 462 g/mol. The van der Waals surface area contributed by atoms with E-state index in [1.165, 1.54) is 28.4 Å². The van der Waals surface area contributed by atoms with Gasteiger partial charge < -0.3 is 15.2 Å². The lowest BCUT2D eigenvalue weighted by atomic mass is 10.0. The molecular formula is C18H18N6O5S2. The van der Waals surface area contributed by atoms with Crippen molar-refractivity contribution in [3.8, 4) is 5.75 Å². The average molecular weight is 463 g/mol. The summed E-state index contributed by atoms with van der Waals surface area (Å²) >= 11 is 2.65. The lowest BCUT2D eigenvalue weighted by Crippen LogP contribution is -2.71. The van der Waals surface area contributed by atoms with Crippen LogP contribution in [0.15, 0.2) is 46.8 Å². The number of hydrogen-bond acceptors (Lipinski definition) is 9. The third kappa shape index (κ3) is 4.37. The highest BCUT2D eigenvalue weighted by molar-refractivity contribution is 8.01. The Bertz CT molecular complexity index is 1020. The third-order valence-electron chi connectivity index (χ3n) is 4.73. The number of carboxylic acid groups (broad SMARTS) is 1. The number of carbonyl (C=O) groups is 3. The second-order valence-corrected chi connectivity index (χ2v) is 9.10. The van der Waals surface area contributed by atoms with Gasteiger partial charge in [-0.3, -0.25) is 14.5 Å². The van der Waals surface area contributed by atoms with Gasteiger partial charge >= 0.3 is 5.97 Å². The fraction of sp³-hybridized carbons (Fsp3) is 0.333. The molecule has 1 aromatic carbocycles. The normalized spacial score (nSPS) is 21.2. The second kappa shape index (κ2) is 8.98. The fourth-order valence-corrected chi connectivity index (χ4v) is 5.68. The van der Waals surface area contributed by atoms with E-state index in [9.17, 15) is 19.5 Å². The van der Waals surface area contributed by atoms with E-state index in [1.807, 2.05) is 13.0 Å². The minimum absolute atomic E-state index is 0.0525. The number of tetrazole rings is 1. The molecule has 3 heterocycles. The van der Waals surface area contributed by atoms with Crippen LogP contribution in [0.4, 0.5) is 0 Å². The van der Waals surface area contributed by atoms with Crippen molar-refractivity contribution in [1.82, 2.24) is 30.8 Å². The van der Waals surface area contributed by atoms with Crippen LogP contribution in [0, 0.1) is 0 Å². The van der Waals surface area contributed by atoms with Crippen LogP contribution in [0.2, 0.25) is 0 Å².